The number of carbonyl (C=O) groups is 1. The molecule has 1 aromatic heterocycles. The highest BCUT2D eigenvalue weighted by molar-refractivity contribution is 5.90. The third-order valence-electron chi connectivity index (χ3n) is 1.65. The van der Waals surface area contributed by atoms with Crippen molar-refractivity contribution in [1.82, 2.24) is 9.97 Å². The molecular formula is C8H10F3N3O. The van der Waals surface area contributed by atoms with Crippen molar-refractivity contribution in [3.63, 3.8) is 0 Å². The molecule has 0 aliphatic rings. The monoisotopic (exact) mass is 221 g/mol. The van der Waals surface area contributed by atoms with Crippen LogP contribution in [0, 0.1) is 5.92 Å². The second-order valence-corrected chi connectivity index (χ2v) is 3.29. The van der Waals surface area contributed by atoms with E-state index in [4.69, 9.17) is 0 Å². The Morgan fingerprint density at radius 2 is 2.13 bits per heavy atom. The van der Waals surface area contributed by atoms with Crippen LogP contribution in [0.25, 0.3) is 0 Å². The van der Waals surface area contributed by atoms with Crippen LogP contribution in [0.3, 0.4) is 0 Å². The minimum atomic E-state index is -4.48. The van der Waals surface area contributed by atoms with Crippen LogP contribution in [0.2, 0.25) is 0 Å². The first-order valence-corrected chi connectivity index (χ1v) is 4.23. The summed E-state index contributed by atoms with van der Waals surface area (Å²) in [6.45, 7) is 3.26. The van der Waals surface area contributed by atoms with E-state index in [1.807, 2.05) is 4.98 Å². The van der Waals surface area contributed by atoms with Crippen LogP contribution in [0.4, 0.5) is 19.1 Å². The fourth-order valence-corrected chi connectivity index (χ4v) is 0.790. The molecule has 84 valence electrons. The number of aromatic nitrogens is 2. The first-order valence-electron chi connectivity index (χ1n) is 4.23. The smallest absolute Gasteiger partial charge is 0.320 e. The van der Waals surface area contributed by atoms with Crippen LogP contribution < -0.4 is 5.32 Å². The van der Waals surface area contributed by atoms with E-state index in [-0.39, 0.29) is 11.9 Å². The number of hydrogen-bond acceptors (Lipinski definition) is 2. The van der Waals surface area contributed by atoms with Crippen LogP contribution in [-0.4, -0.2) is 15.9 Å². The molecule has 0 spiro atoms. The molecule has 2 N–H and O–H groups in total. The van der Waals surface area contributed by atoms with Gasteiger partial charge >= 0.3 is 6.18 Å². The number of aromatic amines is 1. The molecule has 0 saturated heterocycles. The number of halogens is 3. The van der Waals surface area contributed by atoms with Crippen molar-refractivity contribution >= 4 is 11.9 Å². The lowest BCUT2D eigenvalue weighted by Crippen LogP contribution is -2.18. The minimum absolute atomic E-state index is 0.193. The number of hydrogen-bond donors (Lipinski definition) is 2. The van der Waals surface area contributed by atoms with Gasteiger partial charge in [-0.1, -0.05) is 13.8 Å². The van der Waals surface area contributed by atoms with Crippen molar-refractivity contribution in [3.8, 4) is 0 Å². The molecule has 0 fully saturated rings. The number of nitrogens with zero attached hydrogens (tertiary/aromatic N) is 1. The molecule has 0 unspecified atom stereocenters. The Balaban J connectivity index is 2.73. The molecule has 0 atom stereocenters. The number of amides is 1. The van der Waals surface area contributed by atoms with E-state index < -0.39 is 17.8 Å². The molecule has 15 heavy (non-hydrogen) atoms. The Bertz CT molecular complexity index is 356. The molecule has 1 heterocycles. The van der Waals surface area contributed by atoms with Crippen LogP contribution in [0.1, 0.15) is 19.5 Å². The predicted molar refractivity (Wildman–Crippen MR) is 47.1 cm³/mol. The summed E-state index contributed by atoms with van der Waals surface area (Å²) in [4.78, 5) is 16.5. The standard InChI is InChI=1S/C8H10F3N3O/c1-4(2)6(15)14-7-12-3-5(13-7)8(9,10)11/h3-4H,1-2H3,(H2,12,13,14,15). The number of imidazole rings is 1. The van der Waals surface area contributed by atoms with Gasteiger partial charge in [0.15, 0.2) is 0 Å². The van der Waals surface area contributed by atoms with Gasteiger partial charge in [-0.25, -0.2) is 4.98 Å². The number of nitrogens with one attached hydrogen (secondary N) is 2. The number of rotatable bonds is 2. The fourth-order valence-electron chi connectivity index (χ4n) is 0.790. The lowest BCUT2D eigenvalue weighted by Gasteiger charge is -2.04. The zero-order chi connectivity index (χ0) is 11.6. The van der Waals surface area contributed by atoms with Gasteiger partial charge in [-0.3, -0.25) is 10.1 Å². The van der Waals surface area contributed by atoms with E-state index in [0.29, 0.717) is 6.20 Å². The largest absolute Gasteiger partial charge is 0.432 e. The van der Waals surface area contributed by atoms with E-state index in [1.54, 1.807) is 13.8 Å². The van der Waals surface area contributed by atoms with Crippen LogP contribution in [0.5, 0.6) is 0 Å². The Hall–Kier alpha value is -1.53. The van der Waals surface area contributed by atoms with Crippen molar-refractivity contribution in [2.75, 3.05) is 5.32 Å². The number of alkyl halides is 3. The molecule has 0 aliphatic carbocycles. The van der Waals surface area contributed by atoms with E-state index in [9.17, 15) is 18.0 Å². The molecule has 0 aromatic carbocycles. The lowest BCUT2D eigenvalue weighted by molar-refractivity contribution is -0.140. The minimum Gasteiger partial charge on any atom is -0.320 e. The van der Waals surface area contributed by atoms with Crippen molar-refractivity contribution in [3.05, 3.63) is 11.9 Å². The van der Waals surface area contributed by atoms with Gasteiger partial charge in [-0.15, -0.1) is 0 Å². The van der Waals surface area contributed by atoms with Crippen LogP contribution in [0.15, 0.2) is 6.20 Å². The number of H-pyrrole nitrogens is 1. The van der Waals surface area contributed by atoms with Crippen molar-refractivity contribution in [1.29, 1.82) is 0 Å². The highest BCUT2D eigenvalue weighted by Crippen LogP contribution is 2.28. The highest BCUT2D eigenvalue weighted by atomic mass is 19.4. The van der Waals surface area contributed by atoms with Gasteiger partial charge in [-0.05, 0) is 0 Å². The maximum atomic E-state index is 12.1. The van der Waals surface area contributed by atoms with Crippen LogP contribution >= 0.6 is 0 Å². The third kappa shape index (κ3) is 2.97. The normalized spacial score (nSPS) is 11.9. The number of carbonyl (C=O) groups excluding carboxylic acids is 1. The van der Waals surface area contributed by atoms with E-state index in [0.717, 1.165) is 0 Å². The van der Waals surface area contributed by atoms with E-state index in [2.05, 4.69) is 10.3 Å². The zero-order valence-corrected chi connectivity index (χ0v) is 8.14. The van der Waals surface area contributed by atoms with E-state index >= 15 is 0 Å². The van der Waals surface area contributed by atoms with Crippen molar-refractivity contribution in [2.24, 2.45) is 5.92 Å². The molecule has 0 aliphatic heterocycles. The first-order chi connectivity index (χ1) is 6.80. The number of anilines is 1. The summed E-state index contributed by atoms with van der Waals surface area (Å²) in [6, 6.07) is 0. The molecule has 0 bridgehead atoms. The summed E-state index contributed by atoms with van der Waals surface area (Å²) < 4.78 is 36.3. The molecule has 0 radical (unpaired) electrons. The molecule has 1 rings (SSSR count). The zero-order valence-electron chi connectivity index (χ0n) is 8.14. The third-order valence-corrected chi connectivity index (χ3v) is 1.65. The average Bonchev–Trinajstić information content (AvgIpc) is 2.51. The topological polar surface area (TPSA) is 57.8 Å². The Kier molecular flexibility index (Phi) is 3.01. The molecule has 7 heteroatoms. The second kappa shape index (κ2) is 3.92. The van der Waals surface area contributed by atoms with Gasteiger partial charge in [-0.2, -0.15) is 13.2 Å². The Morgan fingerprint density at radius 1 is 1.53 bits per heavy atom. The second-order valence-electron chi connectivity index (χ2n) is 3.29. The van der Waals surface area contributed by atoms with Gasteiger partial charge in [0.2, 0.25) is 11.9 Å². The summed E-state index contributed by atoms with van der Waals surface area (Å²) in [7, 11) is 0. The molecule has 4 nitrogen and oxygen atoms in total. The van der Waals surface area contributed by atoms with Gasteiger partial charge < -0.3 is 4.98 Å². The van der Waals surface area contributed by atoms with Crippen LogP contribution in [-0.2, 0) is 11.0 Å². The highest BCUT2D eigenvalue weighted by Gasteiger charge is 2.33. The SMILES string of the molecule is CC(C)C(=O)Nc1ncc(C(F)(F)F)[nH]1. The maximum absolute atomic E-state index is 12.1. The molecule has 1 aromatic rings. The molecule has 0 saturated carbocycles. The quantitative estimate of drug-likeness (QED) is 0.802. The van der Waals surface area contributed by atoms with Crippen molar-refractivity contribution < 1.29 is 18.0 Å². The Morgan fingerprint density at radius 3 is 2.53 bits per heavy atom. The summed E-state index contributed by atoms with van der Waals surface area (Å²) in [5.41, 5.74) is -0.985. The van der Waals surface area contributed by atoms with Gasteiger partial charge in [0.25, 0.3) is 0 Å². The summed E-state index contributed by atoms with van der Waals surface area (Å²) in [5.74, 6) is -0.900. The molecular weight excluding hydrogens is 211 g/mol. The summed E-state index contributed by atoms with van der Waals surface area (Å²) in [6.07, 6.45) is -3.84. The van der Waals surface area contributed by atoms with Crippen molar-refractivity contribution in [2.45, 2.75) is 20.0 Å². The average molecular weight is 221 g/mol. The summed E-state index contributed by atoms with van der Waals surface area (Å²) >= 11 is 0. The lowest BCUT2D eigenvalue weighted by atomic mass is 10.2. The Labute approximate surface area is 83.9 Å². The maximum Gasteiger partial charge on any atom is 0.432 e. The fraction of sp³-hybridized carbons (Fsp3) is 0.500. The van der Waals surface area contributed by atoms with Gasteiger partial charge in [0.05, 0.1) is 6.20 Å². The predicted octanol–water partition coefficient (Wildman–Crippen LogP) is 2.02. The summed E-state index contributed by atoms with van der Waals surface area (Å²) in [5, 5.41) is 2.23. The molecule has 1 amide bonds. The van der Waals surface area contributed by atoms with Gasteiger partial charge in [0, 0.05) is 5.92 Å². The van der Waals surface area contributed by atoms with E-state index in [1.165, 1.54) is 0 Å². The van der Waals surface area contributed by atoms with Gasteiger partial charge in [0.1, 0.15) is 5.69 Å². The first kappa shape index (κ1) is 11.5.